The highest BCUT2D eigenvalue weighted by molar-refractivity contribution is 6.31. The highest BCUT2D eigenvalue weighted by Gasteiger charge is 2.26. The third kappa shape index (κ3) is 3.07. The van der Waals surface area contributed by atoms with Crippen LogP contribution in [-0.4, -0.2) is 5.11 Å². The summed E-state index contributed by atoms with van der Waals surface area (Å²) < 4.78 is 0. The number of hydrogen-bond donors (Lipinski definition) is 1. The molecule has 1 nitrogen and oxygen atoms in total. The molecule has 1 N–H and O–H groups in total. The molecule has 0 amide bonds. The zero-order valence-corrected chi connectivity index (χ0v) is 12.1. The summed E-state index contributed by atoms with van der Waals surface area (Å²) in [7, 11) is 0. The van der Waals surface area contributed by atoms with Crippen molar-refractivity contribution in [3.63, 3.8) is 0 Å². The van der Waals surface area contributed by atoms with Crippen molar-refractivity contribution < 1.29 is 5.11 Å². The van der Waals surface area contributed by atoms with E-state index in [1.54, 1.807) is 0 Å². The average molecular weight is 267 g/mol. The SMILES string of the molecule is CCC1CCC(C(O)c2ccc(C)c(Cl)c2)CC1. The van der Waals surface area contributed by atoms with E-state index in [4.69, 9.17) is 11.6 Å². The third-order valence-electron chi connectivity index (χ3n) is 4.45. The Labute approximate surface area is 115 Å². The molecule has 100 valence electrons. The Kier molecular flexibility index (Phi) is 4.69. The Morgan fingerprint density at radius 2 is 1.94 bits per heavy atom. The van der Waals surface area contributed by atoms with Gasteiger partial charge in [-0.3, -0.25) is 0 Å². The fraction of sp³-hybridized carbons (Fsp3) is 0.625. The molecule has 0 aliphatic heterocycles. The van der Waals surface area contributed by atoms with E-state index in [2.05, 4.69) is 6.92 Å². The van der Waals surface area contributed by atoms with Crippen molar-refractivity contribution in [1.82, 2.24) is 0 Å². The molecular weight excluding hydrogens is 244 g/mol. The molecule has 1 aromatic rings. The maximum Gasteiger partial charge on any atom is 0.0818 e. The van der Waals surface area contributed by atoms with Gasteiger partial charge in [-0.1, -0.05) is 49.9 Å². The van der Waals surface area contributed by atoms with E-state index in [1.165, 1.54) is 19.3 Å². The van der Waals surface area contributed by atoms with Gasteiger partial charge in [0.1, 0.15) is 0 Å². The number of benzene rings is 1. The monoisotopic (exact) mass is 266 g/mol. The van der Waals surface area contributed by atoms with Crippen molar-refractivity contribution in [2.24, 2.45) is 11.8 Å². The van der Waals surface area contributed by atoms with Crippen molar-refractivity contribution in [1.29, 1.82) is 0 Å². The molecular formula is C16H23ClO. The van der Waals surface area contributed by atoms with Crippen LogP contribution in [0.5, 0.6) is 0 Å². The molecule has 0 radical (unpaired) electrons. The van der Waals surface area contributed by atoms with Gasteiger partial charge in [0.05, 0.1) is 6.10 Å². The van der Waals surface area contributed by atoms with Crippen LogP contribution >= 0.6 is 11.6 Å². The summed E-state index contributed by atoms with van der Waals surface area (Å²) in [6.45, 7) is 4.26. The van der Waals surface area contributed by atoms with Crippen molar-refractivity contribution in [3.05, 3.63) is 34.3 Å². The summed E-state index contributed by atoms with van der Waals surface area (Å²) in [5.41, 5.74) is 2.05. The van der Waals surface area contributed by atoms with Crippen LogP contribution in [0.2, 0.25) is 5.02 Å². The lowest BCUT2D eigenvalue weighted by Gasteiger charge is -2.31. The Morgan fingerprint density at radius 1 is 1.28 bits per heavy atom. The van der Waals surface area contributed by atoms with Gasteiger partial charge in [-0.2, -0.15) is 0 Å². The zero-order valence-electron chi connectivity index (χ0n) is 11.3. The van der Waals surface area contributed by atoms with Crippen molar-refractivity contribution in [3.8, 4) is 0 Å². The van der Waals surface area contributed by atoms with Crippen LogP contribution in [0.3, 0.4) is 0 Å². The first-order chi connectivity index (χ1) is 8.61. The molecule has 0 aromatic heterocycles. The van der Waals surface area contributed by atoms with Crippen LogP contribution in [0.25, 0.3) is 0 Å². The summed E-state index contributed by atoms with van der Waals surface area (Å²) in [5, 5.41) is 11.2. The van der Waals surface area contributed by atoms with Crippen molar-refractivity contribution >= 4 is 11.6 Å². The molecule has 0 saturated heterocycles. The number of rotatable bonds is 3. The predicted octanol–water partition coefficient (Wildman–Crippen LogP) is 4.90. The first kappa shape index (κ1) is 13.9. The molecule has 0 spiro atoms. The number of aliphatic hydroxyl groups is 1. The first-order valence-electron chi connectivity index (χ1n) is 7.06. The Balaban J connectivity index is 2.03. The number of aryl methyl sites for hydroxylation is 1. The normalized spacial score (nSPS) is 26.0. The predicted molar refractivity (Wildman–Crippen MR) is 76.9 cm³/mol. The highest BCUT2D eigenvalue weighted by atomic mass is 35.5. The van der Waals surface area contributed by atoms with Gasteiger partial charge < -0.3 is 5.11 Å². The van der Waals surface area contributed by atoms with Crippen LogP contribution in [0.1, 0.15) is 56.3 Å². The third-order valence-corrected chi connectivity index (χ3v) is 4.86. The lowest BCUT2D eigenvalue weighted by molar-refractivity contribution is 0.0729. The van der Waals surface area contributed by atoms with Crippen LogP contribution in [0.4, 0.5) is 0 Å². The number of halogens is 1. The lowest BCUT2D eigenvalue weighted by Crippen LogP contribution is -2.20. The fourth-order valence-electron chi connectivity index (χ4n) is 2.98. The van der Waals surface area contributed by atoms with E-state index < -0.39 is 0 Å². The van der Waals surface area contributed by atoms with Crippen LogP contribution in [0.15, 0.2) is 18.2 Å². The molecule has 1 aliphatic carbocycles. The van der Waals surface area contributed by atoms with E-state index in [0.29, 0.717) is 5.92 Å². The molecule has 1 saturated carbocycles. The molecule has 18 heavy (non-hydrogen) atoms. The Bertz CT molecular complexity index is 394. The molecule has 2 rings (SSSR count). The van der Waals surface area contributed by atoms with Crippen molar-refractivity contribution in [2.45, 2.75) is 52.1 Å². The minimum atomic E-state index is -0.346. The largest absolute Gasteiger partial charge is 0.388 e. The number of aliphatic hydroxyl groups excluding tert-OH is 1. The molecule has 1 aromatic carbocycles. The van der Waals surface area contributed by atoms with E-state index in [1.807, 2.05) is 25.1 Å². The molecule has 1 atom stereocenters. The van der Waals surface area contributed by atoms with E-state index >= 15 is 0 Å². The second kappa shape index (κ2) is 6.08. The van der Waals surface area contributed by atoms with Crippen LogP contribution in [0, 0.1) is 18.8 Å². The molecule has 1 unspecified atom stereocenters. The van der Waals surface area contributed by atoms with Crippen LogP contribution in [-0.2, 0) is 0 Å². The topological polar surface area (TPSA) is 20.2 Å². The maximum atomic E-state index is 10.5. The molecule has 0 heterocycles. The molecule has 1 fully saturated rings. The van der Waals surface area contributed by atoms with Gasteiger partial charge in [0.25, 0.3) is 0 Å². The summed E-state index contributed by atoms with van der Waals surface area (Å²) in [6, 6.07) is 5.93. The summed E-state index contributed by atoms with van der Waals surface area (Å²) in [6.07, 6.45) is 5.74. The Hall–Kier alpha value is -0.530. The summed E-state index contributed by atoms with van der Waals surface area (Å²) in [4.78, 5) is 0. The van der Waals surface area contributed by atoms with E-state index in [0.717, 1.165) is 34.9 Å². The standard InChI is InChI=1S/C16H23ClO/c1-3-12-5-8-13(9-6-12)16(18)14-7-4-11(2)15(17)10-14/h4,7,10,12-13,16,18H,3,5-6,8-9H2,1-2H3. The second-order valence-corrected chi connectivity index (χ2v) is 6.05. The van der Waals surface area contributed by atoms with Gasteiger partial charge in [0.15, 0.2) is 0 Å². The van der Waals surface area contributed by atoms with Gasteiger partial charge >= 0.3 is 0 Å². The second-order valence-electron chi connectivity index (χ2n) is 5.64. The minimum absolute atomic E-state index is 0.346. The van der Waals surface area contributed by atoms with Gasteiger partial charge in [-0.25, -0.2) is 0 Å². The minimum Gasteiger partial charge on any atom is -0.388 e. The maximum absolute atomic E-state index is 10.5. The van der Waals surface area contributed by atoms with E-state index in [9.17, 15) is 5.11 Å². The smallest absolute Gasteiger partial charge is 0.0818 e. The molecule has 2 heteroatoms. The van der Waals surface area contributed by atoms with Crippen molar-refractivity contribution in [2.75, 3.05) is 0 Å². The zero-order chi connectivity index (χ0) is 13.1. The molecule has 1 aliphatic rings. The van der Waals surface area contributed by atoms with Gasteiger partial charge in [0.2, 0.25) is 0 Å². The van der Waals surface area contributed by atoms with Crippen LogP contribution < -0.4 is 0 Å². The van der Waals surface area contributed by atoms with Gasteiger partial charge in [-0.05, 0) is 48.8 Å². The first-order valence-corrected chi connectivity index (χ1v) is 7.43. The van der Waals surface area contributed by atoms with Gasteiger partial charge in [0, 0.05) is 5.02 Å². The molecule has 0 bridgehead atoms. The fourth-order valence-corrected chi connectivity index (χ4v) is 3.17. The van der Waals surface area contributed by atoms with E-state index in [-0.39, 0.29) is 6.10 Å². The lowest BCUT2D eigenvalue weighted by atomic mass is 9.77. The quantitative estimate of drug-likeness (QED) is 0.825. The van der Waals surface area contributed by atoms with Gasteiger partial charge in [-0.15, -0.1) is 0 Å². The average Bonchev–Trinajstić information content (AvgIpc) is 2.41. The summed E-state index contributed by atoms with van der Waals surface area (Å²) in [5.74, 6) is 1.28. The Morgan fingerprint density at radius 3 is 2.50 bits per heavy atom. The summed E-state index contributed by atoms with van der Waals surface area (Å²) >= 11 is 6.13. The highest BCUT2D eigenvalue weighted by Crippen LogP contribution is 2.38. The number of hydrogen-bond acceptors (Lipinski definition) is 1.